The summed E-state index contributed by atoms with van der Waals surface area (Å²) in [6, 6.07) is 14.6. The van der Waals surface area contributed by atoms with Crippen molar-refractivity contribution < 1.29 is 27.4 Å². The van der Waals surface area contributed by atoms with Crippen LogP contribution in [0.1, 0.15) is 29.8 Å². The van der Waals surface area contributed by atoms with Gasteiger partial charge < -0.3 is 18.9 Å². The number of nitrogens with zero attached hydrogens (tertiary/aromatic N) is 3. The highest BCUT2D eigenvalue weighted by molar-refractivity contribution is 7.89. The number of benzene rings is 2. The van der Waals surface area contributed by atoms with Crippen molar-refractivity contribution in [3.8, 4) is 17.4 Å². The van der Waals surface area contributed by atoms with Crippen LogP contribution in [0.2, 0.25) is 0 Å². The molecule has 9 nitrogen and oxygen atoms in total. The van der Waals surface area contributed by atoms with E-state index in [4.69, 9.17) is 18.9 Å². The maximum Gasteiger partial charge on any atom is 0.231 e. The fourth-order valence-electron chi connectivity index (χ4n) is 3.63. The Balaban J connectivity index is 1.93. The zero-order chi connectivity index (χ0) is 25.4. The molecule has 0 amide bonds. The Morgan fingerprint density at radius 2 is 1.29 bits per heavy atom. The molecule has 10 heteroatoms. The van der Waals surface area contributed by atoms with Crippen LogP contribution in [0.15, 0.2) is 60.9 Å². The first kappa shape index (κ1) is 26.4. The van der Waals surface area contributed by atoms with E-state index in [-0.39, 0.29) is 13.1 Å². The molecular formula is C25H31N3O6S. The van der Waals surface area contributed by atoms with Gasteiger partial charge in [0.25, 0.3) is 0 Å². The van der Waals surface area contributed by atoms with Gasteiger partial charge in [-0.3, -0.25) is 4.98 Å². The van der Waals surface area contributed by atoms with Gasteiger partial charge in [-0.15, -0.1) is 0 Å². The van der Waals surface area contributed by atoms with Crippen LogP contribution < -0.4 is 14.2 Å². The van der Waals surface area contributed by atoms with Crippen molar-refractivity contribution in [2.24, 2.45) is 0 Å². The Morgan fingerprint density at radius 1 is 0.771 bits per heavy atom. The zero-order valence-electron chi connectivity index (χ0n) is 20.5. The quantitative estimate of drug-likeness (QED) is 0.371. The van der Waals surface area contributed by atoms with Crippen LogP contribution in [0.5, 0.6) is 17.4 Å². The van der Waals surface area contributed by atoms with E-state index in [0.29, 0.717) is 23.1 Å². The molecule has 0 aliphatic carbocycles. The molecular weight excluding hydrogens is 470 g/mol. The minimum Gasteiger partial charge on any atom is -0.497 e. The molecule has 2 atom stereocenters. The van der Waals surface area contributed by atoms with Gasteiger partial charge in [-0.25, -0.2) is 13.4 Å². The molecule has 3 aromatic rings. The molecule has 0 radical (unpaired) electrons. The topological polar surface area (TPSA) is 100 Å². The summed E-state index contributed by atoms with van der Waals surface area (Å²) >= 11 is 0. The Hall–Kier alpha value is -3.21. The average Bonchev–Trinajstić information content (AvgIpc) is 2.89. The first-order valence-electron chi connectivity index (χ1n) is 11.0. The summed E-state index contributed by atoms with van der Waals surface area (Å²) in [5.41, 5.74) is 2.06. The molecule has 0 aliphatic rings. The Bertz CT molecular complexity index is 1120. The van der Waals surface area contributed by atoms with E-state index in [1.54, 1.807) is 21.1 Å². The molecule has 0 aliphatic heterocycles. The van der Waals surface area contributed by atoms with E-state index < -0.39 is 21.4 Å². The first-order chi connectivity index (χ1) is 16.8. The van der Waals surface area contributed by atoms with Crippen LogP contribution >= 0.6 is 0 Å². The summed E-state index contributed by atoms with van der Waals surface area (Å²) in [4.78, 5) is 8.44. The van der Waals surface area contributed by atoms with Crippen molar-refractivity contribution in [3.05, 3.63) is 77.7 Å². The summed E-state index contributed by atoms with van der Waals surface area (Å²) in [5, 5.41) is -0.938. The molecule has 0 bridgehead atoms. The molecule has 35 heavy (non-hydrogen) atoms. The minimum atomic E-state index is -3.86. The van der Waals surface area contributed by atoms with E-state index in [1.807, 2.05) is 48.5 Å². The molecule has 0 fully saturated rings. The Labute approximate surface area is 206 Å². The smallest absolute Gasteiger partial charge is 0.231 e. The lowest BCUT2D eigenvalue weighted by atomic mass is 10.2. The predicted octanol–water partition coefficient (Wildman–Crippen LogP) is 3.61. The highest BCUT2D eigenvalue weighted by Gasteiger charge is 2.36. The fraction of sp³-hybridized carbons (Fsp3) is 0.360. The lowest BCUT2D eigenvalue weighted by Crippen LogP contribution is -2.40. The van der Waals surface area contributed by atoms with Crippen LogP contribution in [-0.4, -0.2) is 56.4 Å². The van der Waals surface area contributed by atoms with Gasteiger partial charge in [-0.1, -0.05) is 24.3 Å². The maximum absolute atomic E-state index is 13.9. The minimum absolute atomic E-state index is 0.174. The molecule has 188 valence electrons. The number of sulfonamides is 1. The van der Waals surface area contributed by atoms with E-state index in [0.717, 1.165) is 11.1 Å². The van der Waals surface area contributed by atoms with Crippen molar-refractivity contribution in [2.45, 2.75) is 31.4 Å². The predicted molar refractivity (Wildman–Crippen MR) is 132 cm³/mol. The normalized spacial score (nSPS) is 13.3. The van der Waals surface area contributed by atoms with Crippen LogP contribution in [-0.2, 0) is 27.8 Å². The molecule has 2 aromatic carbocycles. The summed E-state index contributed by atoms with van der Waals surface area (Å²) in [6.45, 7) is 1.96. The van der Waals surface area contributed by atoms with Gasteiger partial charge in [-0.2, -0.15) is 4.31 Å². The van der Waals surface area contributed by atoms with Gasteiger partial charge in [0.1, 0.15) is 22.9 Å². The number of hydrogen-bond acceptors (Lipinski definition) is 8. The number of hydrogen-bond donors (Lipinski definition) is 0. The van der Waals surface area contributed by atoms with Crippen LogP contribution in [0.3, 0.4) is 0 Å². The third-order valence-electron chi connectivity index (χ3n) is 5.69. The van der Waals surface area contributed by atoms with Gasteiger partial charge in [0.15, 0.2) is 0 Å². The van der Waals surface area contributed by atoms with Crippen LogP contribution in [0.25, 0.3) is 0 Å². The summed E-state index contributed by atoms with van der Waals surface area (Å²) < 4.78 is 50.4. The average molecular weight is 502 g/mol. The Kier molecular flexibility index (Phi) is 9.02. The van der Waals surface area contributed by atoms with E-state index >= 15 is 0 Å². The van der Waals surface area contributed by atoms with Crippen molar-refractivity contribution in [1.29, 1.82) is 0 Å². The van der Waals surface area contributed by atoms with Crippen molar-refractivity contribution in [2.75, 3.05) is 28.4 Å². The van der Waals surface area contributed by atoms with Gasteiger partial charge in [0.05, 0.1) is 39.4 Å². The monoisotopic (exact) mass is 501 g/mol. The summed E-state index contributed by atoms with van der Waals surface area (Å²) in [7, 11) is 2.26. The second-order valence-corrected chi connectivity index (χ2v) is 10.1. The van der Waals surface area contributed by atoms with Crippen LogP contribution in [0.4, 0.5) is 0 Å². The van der Waals surface area contributed by atoms with E-state index in [1.165, 1.54) is 30.9 Å². The number of methoxy groups -OCH3 is 4. The molecule has 1 heterocycles. The highest BCUT2D eigenvalue weighted by atomic mass is 32.2. The molecule has 0 saturated heterocycles. The third kappa shape index (κ3) is 6.47. The van der Waals surface area contributed by atoms with Crippen LogP contribution in [0, 0.1) is 0 Å². The SMILES string of the molecule is COc1ccc(CN(Cc2ccc(OC)cc2)S(=O)(=O)[C@H](C)[C@H](OC)c2cnc(OC)cn2)cc1. The fourth-order valence-corrected chi connectivity index (χ4v) is 5.32. The number of ether oxygens (including phenoxy) is 4. The molecule has 0 spiro atoms. The zero-order valence-corrected chi connectivity index (χ0v) is 21.4. The van der Waals surface area contributed by atoms with E-state index in [2.05, 4.69) is 9.97 Å². The van der Waals surface area contributed by atoms with Gasteiger partial charge >= 0.3 is 0 Å². The first-order valence-corrected chi connectivity index (χ1v) is 12.5. The van der Waals surface area contributed by atoms with E-state index in [9.17, 15) is 8.42 Å². The van der Waals surface area contributed by atoms with Crippen molar-refractivity contribution in [1.82, 2.24) is 14.3 Å². The molecule has 1 aromatic heterocycles. The van der Waals surface area contributed by atoms with Gasteiger partial charge in [0.2, 0.25) is 15.9 Å². The lowest BCUT2D eigenvalue weighted by molar-refractivity contribution is 0.0964. The maximum atomic E-state index is 13.9. The molecule has 3 rings (SSSR count). The molecule has 0 N–H and O–H groups in total. The second-order valence-electron chi connectivity index (χ2n) is 7.85. The van der Waals surface area contributed by atoms with Crippen molar-refractivity contribution in [3.63, 3.8) is 0 Å². The summed E-state index contributed by atoms with van der Waals surface area (Å²) in [5.74, 6) is 1.73. The second kappa shape index (κ2) is 12.0. The standard InChI is InChI=1S/C25H31N3O6S/c1-18(25(34-5)23-14-27-24(33-4)15-26-23)35(29,30)28(16-19-6-10-21(31-2)11-7-19)17-20-8-12-22(32-3)13-9-20/h6-15,18,25H,16-17H2,1-5H3/t18-,25+/m1/s1. The van der Waals surface area contributed by atoms with Gasteiger partial charge in [-0.05, 0) is 42.3 Å². The highest BCUT2D eigenvalue weighted by Crippen LogP contribution is 2.29. The lowest BCUT2D eigenvalue weighted by Gasteiger charge is -2.29. The van der Waals surface area contributed by atoms with Crippen molar-refractivity contribution >= 4 is 10.0 Å². The summed E-state index contributed by atoms with van der Waals surface area (Å²) in [6.07, 6.45) is 2.08. The Morgan fingerprint density at radius 3 is 1.66 bits per heavy atom. The molecule has 0 unspecified atom stereocenters. The third-order valence-corrected chi connectivity index (χ3v) is 7.86. The molecule has 0 saturated carbocycles. The van der Waals surface area contributed by atoms with Gasteiger partial charge in [0, 0.05) is 20.2 Å². The number of aromatic nitrogens is 2. The largest absolute Gasteiger partial charge is 0.497 e. The number of rotatable bonds is 12.